The molecule has 0 saturated heterocycles. The van der Waals surface area contributed by atoms with Crippen LogP contribution in [-0.4, -0.2) is 15.7 Å². The molecule has 0 fully saturated rings. The van der Waals surface area contributed by atoms with Crippen LogP contribution in [0.15, 0.2) is 33.1 Å². The summed E-state index contributed by atoms with van der Waals surface area (Å²) in [6.07, 6.45) is 4.71. The molecule has 0 aliphatic rings. The third-order valence-corrected chi connectivity index (χ3v) is 4.53. The molecule has 0 saturated carbocycles. The number of aromatic nitrogens is 2. The third-order valence-electron chi connectivity index (χ3n) is 2.83. The molecule has 2 rings (SSSR count). The van der Waals surface area contributed by atoms with E-state index in [2.05, 4.69) is 39.6 Å². The number of aryl methyl sites for hydroxylation is 1. The van der Waals surface area contributed by atoms with Crippen molar-refractivity contribution in [3.05, 3.63) is 43.7 Å². The van der Waals surface area contributed by atoms with E-state index in [-0.39, 0.29) is 5.69 Å². The van der Waals surface area contributed by atoms with E-state index in [0.29, 0.717) is 6.54 Å². The molecule has 0 aliphatic heterocycles. The number of hydrogen-bond donors (Lipinski definition) is 1. The molecule has 0 atom stereocenters. The number of nitrogens with one attached hydrogen (secondary N) is 1. The molecule has 2 aromatic heterocycles. The molecule has 0 radical (unpaired) electrons. The third kappa shape index (κ3) is 4.06. The summed E-state index contributed by atoms with van der Waals surface area (Å²) in [6.45, 7) is 5.22. The highest BCUT2D eigenvalue weighted by molar-refractivity contribution is 9.10. The molecule has 4 nitrogen and oxygen atoms in total. The van der Waals surface area contributed by atoms with E-state index in [4.69, 9.17) is 0 Å². The van der Waals surface area contributed by atoms with Gasteiger partial charge in [-0.25, -0.2) is 4.79 Å². The van der Waals surface area contributed by atoms with Gasteiger partial charge >= 0.3 is 5.69 Å². The van der Waals surface area contributed by atoms with E-state index in [1.807, 2.05) is 12.4 Å². The Balaban J connectivity index is 1.78. The highest BCUT2D eigenvalue weighted by Crippen LogP contribution is 2.19. The van der Waals surface area contributed by atoms with Crippen LogP contribution in [0, 0.1) is 0 Å². The van der Waals surface area contributed by atoms with Crippen LogP contribution in [0.3, 0.4) is 0 Å². The van der Waals surface area contributed by atoms with Gasteiger partial charge in [0.25, 0.3) is 0 Å². The number of nitrogens with zero attached hydrogens (tertiary/aromatic N) is 2. The van der Waals surface area contributed by atoms with Crippen molar-refractivity contribution in [2.75, 3.05) is 6.54 Å². The Labute approximate surface area is 125 Å². The van der Waals surface area contributed by atoms with Crippen LogP contribution in [0.5, 0.6) is 0 Å². The number of halogens is 1. The highest BCUT2D eigenvalue weighted by Gasteiger charge is 2.02. The summed E-state index contributed by atoms with van der Waals surface area (Å²) in [4.78, 5) is 13.2. The topological polar surface area (TPSA) is 39.0 Å². The average molecular weight is 344 g/mol. The second kappa shape index (κ2) is 7.07. The Bertz CT molecular complexity index is 572. The lowest BCUT2D eigenvalue weighted by Crippen LogP contribution is -2.28. The largest absolute Gasteiger partial charge is 0.328 e. The zero-order chi connectivity index (χ0) is 13.7. The van der Waals surface area contributed by atoms with Gasteiger partial charge in [-0.1, -0.05) is 6.92 Å². The first-order valence-electron chi connectivity index (χ1n) is 6.40. The summed E-state index contributed by atoms with van der Waals surface area (Å²) in [7, 11) is 0. The smallest absolute Gasteiger partial charge is 0.310 e. The standard InChI is InChI=1S/C13H18BrN3OS/c1-2-4-16-6-7-17(13(16)18)5-3-15-9-12-8-11(14)10-19-12/h6-8,10,15H,2-5,9H2,1H3. The lowest BCUT2D eigenvalue weighted by molar-refractivity contribution is 0.564. The first kappa shape index (κ1) is 14.6. The molecule has 19 heavy (non-hydrogen) atoms. The van der Waals surface area contributed by atoms with Crippen LogP contribution >= 0.6 is 27.3 Å². The zero-order valence-corrected chi connectivity index (χ0v) is 13.3. The van der Waals surface area contributed by atoms with Crippen molar-refractivity contribution in [3.8, 4) is 0 Å². The van der Waals surface area contributed by atoms with Crippen molar-refractivity contribution < 1.29 is 0 Å². The average Bonchev–Trinajstić information content (AvgIpc) is 2.95. The van der Waals surface area contributed by atoms with Crippen LogP contribution in [0.25, 0.3) is 0 Å². The number of thiophene rings is 1. The maximum absolute atomic E-state index is 11.9. The van der Waals surface area contributed by atoms with Crippen molar-refractivity contribution in [2.24, 2.45) is 0 Å². The predicted octanol–water partition coefficient (Wildman–Crippen LogP) is 2.67. The van der Waals surface area contributed by atoms with Gasteiger partial charge in [0.15, 0.2) is 0 Å². The monoisotopic (exact) mass is 343 g/mol. The molecule has 0 unspecified atom stereocenters. The molecule has 6 heteroatoms. The Morgan fingerprint density at radius 1 is 1.32 bits per heavy atom. The van der Waals surface area contributed by atoms with Crippen LogP contribution in [0.2, 0.25) is 0 Å². The predicted molar refractivity (Wildman–Crippen MR) is 82.7 cm³/mol. The summed E-state index contributed by atoms with van der Waals surface area (Å²) >= 11 is 5.17. The number of rotatable bonds is 7. The van der Waals surface area contributed by atoms with E-state index in [1.165, 1.54) is 4.88 Å². The molecule has 104 valence electrons. The van der Waals surface area contributed by atoms with Crippen LogP contribution in [0.4, 0.5) is 0 Å². The number of imidazole rings is 1. The molecule has 2 heterocycles. The minimum Gasteiger partial charge on any atom is -0.310 e. The van der Waals surface area contributed by atoms with E-state index >= 15 is 0 Å². The van der Waals surface area contributed by atoms with Crippen LogP contribution in [0.1, 0.15) is 18.2 Å². The molecule has 0 aromatic carbocycles. The first-order chi connectivity index (χ1) is 9.20. The van der Waals surface area contributed by atoms with Crippen molar-refractivity contribution in [1.29, 1.82) is 0 Å². The summed E-state index contributed by atoms with van der Waals surface area (Å²) in [5.74, 6) is 0. The quantitative estimate of drug-likeness (QED) is 0.785. The second-order valence-electron chi connectivity index (χ2n) is 4.38. The van der Waals surface area contributed by atoms with Gasteiger partial charge in [-0.05, 0) is 28.4 Å². The van der Waals surface area contributed by atoms with Gasteiger partial charge in [0.2, 0.25) is 0 Å². The minimum atomic E-state index is 0.0857. The first-order valence-corrected chi connectivity index (χ1v) is 8.07. The molecule has 0 bridgehead atoms. The minimum absolute atomic E-state index is 0.0857. The van der Waals surface area contributed by atoms with E-state index < -0.39 is 0 Å². The summed E-state index contributed by atoms with van der Waals surface area (Å²) in [6, 6.07) is 2.11. The normalized spacial score (nSPS) is 11.1. The highest BCUT2D eigenvalue weighted by atomic mass is 79.9. The van der Waals surface area contributed by atoms with Gasteiger partial charge in [0.05, 0.1) is 0 Å². The van der Waals surface area contributed by atoms with E-state index in [0.717, 1.165) is 30.5 Å². The molecule has 2 aromatic rings. The maximum atomic E-state index is 11.9. The van der Waals surface area contributed by atoms with Crippen molar-refractivity contribution in [3.63, 3.8) is 0 Å². The Kier molecular flexibility index (Phi) is 5.42. The Morgan fingerprint density at radius 3 is 2.68 bits per heavy atom. The Hall–Kier alpha value is -0.850. The molecule has 1 N–H and O–H groups in total. The fourth-order valence-corrected chi connectivity index (χ4v) is 3.31. The summed E-state index contributed by atoms with van der Waals surface area (Å²) in [5.41, 5.74) is 0.0857. The number of hydrogen-bond acceptors (Lipinski definition) is 3. The van der Waals surface area contributed by atoms with E-state index in [1.54, 1.807) is 20.5 Å². The van der Waals surface area contributed by atoms with E-state index in [9.17, 15) is 4.79 Å². The van der Waals surface area contributed by atoms with Gasteiger partial charge < -0.3 is 5.32 Å². The Morgan fingerprint density at radius 2 is 2.05 bits per heavy atom. The van der Waals surface area contributed by atoms with Gasteiger partial charge in [-0.15, -0.1) is 11.3 Å². The summed E-state index contributed by atoms with van der Waals surface area (Å²) < 4.78 is 4.64. The fraction of sp³-hybridized carbons (Fsp3) is 0.462. The lowest BCUT2D eigenvalue weighted by Gasteiger charge is -2.03. The fourth-order valence-electron chi connectivity index (χ4n) is 1.89. The zero-order valence-electron chi connectivity index (χ0n) is 10.9. The summed E-state index contributed by atoms with van der Waals surface area (Å²) in [5, 5.41) is 5.43. The van der Waals surface area contributed by atoms with Crippen LogP contribution < -0.4 is 11.0 Å². The van der Waals surface area contributed by atoms with Crippen LogP contribution in [-0.2, 0) is 19.6 Å². The maximum Gasteiger partial charge on any atom is 0.328 e. The molecule has 0 spiro atoms. The van der Waals surface area contributed by atoms with Gasteiger partial charge in [0, 0.05) is 53.3 Å². The van der Waals surface area contributed by atoms with Crippen molar-refractivity contribution in [2.45, 2.75) is 33.0 Å². The molecular weight excluding hydrogens is 326 g/mol. The SMILES string of the molecule is CCCn1ccn(CCNCc2cc(Br)cs2)c1=O. The van der Waals surface area contributed by atoms with Gasteiger partial charge in [0.1, 0.15) is 0 Å². The van der Waals surface area contributed by atoms with Crippen molar-refractivity contribution in [1.82, 2.24) is 14.5 Å². The molecular formula is C13H18BrN3OS. The van der Waals surface area contributed by atoms with Gasteiger partial charge in [-0.3, -0.25) is 9.13 Å². The molecule has 0 amide bonds. The lowest BCUT2D eigenvalue weighted by atomic mass is 10.4. The van der Waals surface area contributed by atoms with Crippen molar-refractivity contribution >= 4 is 27.3 Å². The molecule has 0 aliphatic carbocycles. The van der Waals surface area contributed by atoms with Gasteiger partial charge in [-0.2, -0.15) is 0 Å². The second-order valence-corrected chi connectivity index (χ2v) is 6.29.